The Hall–Kier alpha value is -1.93. The van der Waals surface area contributed by atoms with Crippen LogP contribution in [0.2, 0.25) is 0 Å². The van der Waals surface area contributed by atoms with Crippen LogP contribution in [0.5, 0.6) is 0 Å². The molecule has 0 unspecified atom stereocenters. The molecule has 2 fully saturated rings. The maximum Gasteiger partial charge on any atom is 0.243 e. The van der Waals surface area contributed by atoms with Crippen molar-refractivity contribution in [3.8, 4) is 0 Å². The van der Waals surface area contributed by atoms with Gasteiger partial charge in [-0.15, -0.1) is 0 Å². The van der Waals surface area contributed by atoms with Crippen LogP contribution in [0.4, 0.5) is 5.69 Å². The van der Waals surface area contributed by atoms with Crippen molar-refractivity contribution in [2.75, 3.05) is 24.5 Å². The van der Waals surface area contributed by atoms with Gasteiger partial charge in [-0.1, -0.05) is 32.6 Å². The summed E-state index contributed by atoms with van der Waals surface area (Å²) in [6.07, 6.45) is 8.35. The molecule has 8 heteroatoms. The highest BCUT2D eigenvalue weighted by atomic mass is 32.2. The Bertz CT molecular complexity index is 1000. The number of nitrogens with zero attached hydrogens (tertiary/aromatic N) is 2. The van der Waals surface area contributed by atoms with Crippen LogP contribution >= 0.6 is 0 Å². The van der Waals surface area contributed by atoms with Crippen LogP contribution in [0, 0.1) is 5.92 Å². The number of hydrogen-bond acceptors (Lipinski definition) is 4. The molecule has 2 heterocycles. The third-order valence-corrected chi connectivity index (χ3v) is 9.51. The van der Waals surface area contributed by atoms with E-state index in [0.717, 1.165) is 38.5 Å². The van der Waals surface area contributed by atoms with Gasteiger partial charge in [0.25, 0.3) is 0 Å². The zero-order valence-electron chi connectivity index (χ0n) is 20.1. The van der Waals surface area contributed by atoms with E-state index in [1.807, 2.05) is 0 Å². The fourth-order valence-corrected chi connectivity index (χ4v) is 6.84. The number of sulfonamides is 1. The van der Waals surface area contributed by atoms with E-state index in [1.54, 1.807) is 36.4 Å². The van der Waals surface area contributed by atoms with E-state index in [-0.39, 0.29) is 29.3 Å². The first kappa shape index (κ1) is 24.2. The molecule has 3 aliphatic rings. The van der Waals surface area contributed by atoms with E-state index in [1.165, 1.54) is 17.7 Å². The van der Waals surface area contributed by atoms with Gasteiger partial charge in [-0.05, 0) is 69.2 Å². The van der Waals surface area contributed by atoms with Crippen molar-refractivity contribution in [2.45, 2.75) is 88.5 Å². The maximum atomic E-state index is 13.3. The van der Waals surface area contributed by atoms with Gasteiger partial charge >= 0.3 is 0 Å². The molecule has 1 aromatic rings. The smallest absolute Gasteiger partial charge is 0.243 e. The lowest BCUT2D eigenvalue weighted by atomic mass is 9.86. The number of hydrogen-bond donors (Lipinski definition) is 1. The number of nitrogens with one attached hydrogen (secondary N) is 1. The summed E-state index contributed by atoms with van der Waals surface area (Å²) in [5, 5.41) is 3.11. The normalized spacial score (nSPS) is 22.8. The van der Waals surface area contributed by atoms with Crippen LogP contribution in [-0.4, -0.2) is 50.2 Å². The quantitative estimate of drug-likeness (QED) is 0.660. The summed E-state index contributed by atoms with van der Waals surface area (Å²) in [7, 11) is -3.61. The molecule has 0 atom stereocenters. The Morgan fingerprint density at radius 3 is 2.33 bits per heavy atom. The fraction of sp³-hybridized carbons (Fsp3) is 0.680. The largest absolute Gasteiger partial charge is 0.352 e. The lowest BCUT2D eigenvalue weighted by Crippen LogP contribution is -2.45. The summed E-state index contributed by atoms with van der Waals surface area (Å²) in [4.78, 5) is 27.8. The second kappa shape index (κ2) is 9.37. The molecule has 1 saturated carbocycles. The number of rotatable bonds is 5. The Morgan fingerprint density at radius 1 is 1.06 bits per heavy atom. The van der Waals surface area contributed by atoms with Gasteiger partial charge in [0, 0.05) is 24.8 Å². The summed E-state index contributed by atoms with van der Waals surface area (Å²) in [5.41, 5.74) is 0.410. The van der Waals surface area contributed by atoms with Crippen molar-refractivity contribution in [3.63, 3.8) is 0 Å². The lowest BCUT2D eigenvalue weighted by molar-refractivity contribution is -0.126. The number of amides is 2. The first-order chi connectivity index (χ1) is 15.6. The SMILES string of the molecule is CC1CCN(S(=O)(=O)c2ccc3c(c2)C(C)(C)C(=O)N3CC(=O)NC2CCCCCC2)CC1. The monoisotopic (exact) mass is 475 g/mol. The van der Waals surface area contributed by atoms with Gasteiger partial charge in [-0.3, -0.25) is 9.59 Å². The van der Waals surface area contributed by atoms with E-state index < -0.39 is 15.4 Å². The standard InChI is InChI=1S/C25H37N3O4S/c1-18-12-14-27(15-13-18)33(31,32)20-10-11-22-21(16-20)25(2,3)24(30)28(22)17-23(29)26-19-8-6-4-5-7-9-19/h10-11,16,18-19H,4-9,12-15,17H2,1-3H3,(H,26,29). The van der Waals surface area contributed by atoms with Crippen molar-refractivity contribution in [2.24, 2.45) is 5.92 Å². The number of piperidine rings is 1. The molecule has 0 radical (unpaired) electrons. The molecule has 1 N–H and O–H groups in total. The summed E-state index contributed by atoms with van der Waals surface area (Å²) in [6, 6.07) is 5.09. The van der Waals surface area contributed by atoms with Crippen molar-refractivity contribution >= 4 is 27.5 Å². The summed E-state index contributed by atoms with van der Waals surface area (Å²) >= 11 is 0. The van der Waals surface area contributed by atoms with Crippen LogP contribution in [0.3, 0.4) is 0 Å². The minimum atomic E-state index is -3.61. The first-order valence-electron chi connectivity index (χ1n) is 12.4. The zero-order valence-corrected chi connectivity index (χ0v) is 20.9. The highest BCUT2D eigenvalue weighted by Gasteiger charge is 2.45. The third kappa shape index (κ3) is 4.83. The molecule has 4 rings (SSSR count). The number of benzene rings is 1. The predicted octanol–water partition coefficient (Wildman–Crippen LogP) is 3.57. The van der Waals surface area contributed by atoms with Crippen LogP contribution < -0.4 is 10.2 Å². The molecular formula is C25H37N3O4S. The lowest BCUT2D eigenvalue weighted by Gasteiger charge is -2.29. The van der Waals surface area contributed by atoms with Gasteiger partial charge in [0.1, 0.15) is 6.54 Å². The Kier molecular flexibility index (Phi) is 6.87. The van der Waals surface area contributed by atoms with Gasteiger partial charge in [0.2, 0.25) is 21.8 Å². The van der Waals surface area contributed by atoms with E-state index >= 15 is 0 Å². The summed E-state index contributed by atoms with van der Waals surface area (Å²) in [5.74, 6) is 0.207. The van der Waals surface area contributed by atoms with Crippen molar-refractivity contribution in [1.29, 1.82) is 0 Å². The highest BCUT2D eigenvalue weighted by molar-refractivity contribution is 7.89. The van der Waals surface area contributed by atoms with Crippen LogP contribution in [-0.2, 0) is 25.0 Å². The van der Waals surface area contributed by atoms with E-state index in [9.17, 15) is 18.0 Å². The summed E-state index contributed by atoms with van der Waals surface area (Å²) in [6.45, 7) is 6.76. The van der Waals surface area contributed by atoms with Gasteiger partial charge in [-0.25, -0.2) is 8.42 Å². The van der Waals surface area contributed by atoms with Gasteiger partial charge < -0.3 is 10.2 Å². The molecule has 1 saturated heterocycles. The molecule has 2 aliphatic heterocycles. The molecule has 1 aromatic carbocycles. The molecule has 33 heavy (non-hydrogen) atoms. The Morgan fingerprint density at radius 2 is 1.70 bits per heavy atom. The molecule has 1 aliphatic carbocycles. The molecule has 0 aromatic heterocycles. The van der Waals surface area contributed by atoms with Gasteiger partial charge in [0.05, 0.1) is 10.3 Å². The number of fused-ring (bicyclic) bond motifs is 1. The van der Waals surface area contributed by atoms with Crippen molar-refractivity contribution in [3.05, 3.63) is 23.8 Å². The van der Waals surface area contributed by atoms with Crippen molar-refractivity contribution in [1.82, 2.24) is 9.62 Å². The fourth-order valence-electron chi connectivity index (χ4n) is 5.35. The first-order valence-corrected chi connectivity index (χ1v) is 13.8. The minimum Gasteiger partial charge on any atom is -0.352 e. The Balaban J connectivity index is 1.54. The van der Waals surface area contributed by atoms with Gasteiger partial charge in [0.15, 0.2) is 0 Å². The number of carbonyl (C=O) groups is 2. The third-order valence-electron chi connectivity index (χ3n) is 7.61. The molecule has 2 amide bonds. The molecule has 7 nitrogen and oxygen atoms in total. The van der Waals surface area contributed by atoms with E-state index in [0.29, 0.717) is 30.3 Å². The average molecular weight is 476 g/mol. The molecule has 0 bridgehead atoms. The summed E-state index contributed by atoms with van der Waals surface area (Å²) < 4.78 is 28.1. The van der Waals surface area contributed by atoms with Crippen LogP contribution in [0.1, 0.15) is 77.7 Å². The molecule has 0 spiro atoms. The number of anilines is 1. The number of carbonyl (C=O) groups excluding carboxylic acids is 2. The average Bonchev–Trinajstić information content (AvgIpc) is 2.95. The topological polar surface area (TPSA) is 86.8 Å². The van der Waals surface area contributed by atoms with E-state index in [4.69, 9.17) is 0 Å². The highest BCUT2D eigenvalue weighted by Crippen LogP contribution is 2.43. The Labute approximate surface area is 198 Å². The maximum absolute atomic E-state index is 13.3. The zero-order chi connectivity index (χ0) is 23.8. The van der Waals surface area contributed by atoms with Crippen LogP contribution in [0.25, 0.3) is 0 Å². The second-order valence-electron chi connectivity index (χ2n) is 10.5. The van der Waals surface area contributed by atoms with Crippen molar-refractivity contribution < 1.29 is 18.0 Å². The molecular weight excluding hydrogens is 438 g/mol. The van der Waals surface area contributed by atoms with E-state index in [2.05, 4.69) is 12.2 Å². The minimum absolute atomic E-state index is 0.0398. The predicted molar refractivity (Wildman–Crippen MR) is 129 cm³/mol. The second-order valence-corrected chi connectivity index (χ2v) is 12.5. The molecule has 182 valence electrons. The van der Waals surface area contributed by atoms with Crippen LogP contribution in [0.15, 0.2) is 23.1 Å². The van der Waals surface area contributed by atoms with Gasteiger partial charge in [-0.2, -0.15) is 4.31 Å².